The minimum Gasteiger partial charge on any atom is -0.476 e. The van der Waals surface area contributed by atoms with Crippen LogP contribution in [0.1, 0.15) is 16.2 Å². The molecule has 0 saturated carbocycles. The van der Waals surface area contributed by atoms with E-state index in [2.05, 4.69) is 10.1 Å². The van der Waals surface area contributed by atoms with Crippen molar-refractivity contribution in [2.24, 2.45) is 0 Å². The first-order chi connectivity index (χ1) is 6.18. The zero-order valence-corrected chi connectivity index (χ0v) is 6.93. The molecule has 2 aromatic rings. The molecule has 5 nitrogen and oxygen atoms in total. The predicted octanol–water partition coefficient (Wildman–Crippen LogP) is 0.736. The highest BCUT2D eigenvalue weighted by Gasteiger charge is 2.09. The Morgan fingerprint density at radius 2 is 2.38 bits per heavy atom. The third kappa shape index (κ3) is 1.14. The van der Waals surface area contributed by atoms with E-state index in [1.54, 1.807) is 12.3 Å². The second-order valence-corrected chi connectivity index (χ2v) is 2.69. The van der Waals surface area contributed by atoms with E-state index < -0.39 is 5.97 Å². The molecule has 0 spiro atoms. The summed E-state index contributed by atoms with van der Waals surface area (Å²) in [7, 11) is 0. The van der Waals surface area contributed by atoms with Crippen LogP contribution in [0.5, 0.6) is 0 Å². The highest BCUT2D eigenvalue weighted by Crippen LogP contribution is 2.05. The molecule has 66 valence electrons. The highest BCUT2D eigenvalue weighted by molar-refractivity contribution is 5.86. The van der Waals surface area contributed by atoms with Crippen LogP contribution in [0.2, 0.25) is 0 Å². The van der Waals surface area contributed by atoms with Crippen LogP contribution in [-0.4, -0.2) is 25.7 Å². The molecule has 13 heavy (non-hydrogen) atoms. The number of nitrogens with zero attached hydrogens (tertiary/aromatic N) is 3. The summed E-state index contributed by atoms with van der Waals surface area (Å²) in [6.07, 6.45) is 1.62. The second-order valence-electron chi connectivity index (χ2n) is 2.69. The molecular formula is C8H7N3O2. The van der Waals surface area contributed by atoms with Gasteiger partial charge in [-0.3, -0.25) is 0 Å². The molecule has 2 rings (SSSR count). The van der Waals surface area contributed by atoms with Crippen molar-refractivity contribution in [2.75, 3.05) is 0 Å². The maximum Gasteiger partial charge on any atom is 0.356 e. The van der Waals surface area contributed by atoms with Crippen molar-refractivity contribution in [2.45, 2.75) is 6.92 Å². The van der Waals surface area contributed by atoms with E-state index in [4.69, 9.17) is 5.11 Å². The van der Waals surface area contributed by atoms with Gasteiger partial charge in [-0.25, -0.2) is 14.3 Å². The highest BCUT2D eigenvalue weighted by atomic mass is 16.4. The van der Waals surface area contributed by atoms with Gasteiger partial charge >= 0.3 is 5.97 Å². The van der Waals surface area contributed by atoms with Gasteiger partial charge in [0.25, 0.3) is 0 Å². The van der Waals surface area contributed by atoms with Crippen molar-refractivity contribution in [3.8, 4) is 0 Å². The van der Waals surface area contributed by atoms with E-state index >= 15 is 0 Å². The first-order valence-corrected chi connectivity index (χ1v) is 3.73. The first kappa shape index (κ1) is 7.72. The molecule has 5 heteroatoms. The maximum absolute atomic E-state index is 10.6. The molecule has 0 aromatic carbocycles. The smallest absolute Gasteiger partial charge is 0.356 e. The van der Waals surface area contributed by atoms with E-state index in [1.165, 1.54) is 10.6 Å². The molecular weight excluding hydrogens is 170 g/mol. The Kier molecular flexibility index (Phi) is 1.51. The van der Waals surface area contributed by atoms with Crippen molar-refractivity contribution in [1.82, 2.24) is 14.6 Å². The van der Waals surface area contributed by atoms with Crippen LogP contribution in [-0.2, 0) is 0 Å². The van der Waals surface area contributed by atoms with Crippen molar-refractivity contribution in [3.63, 3.8) is 0 Å². The Bertz CT molecular complexity index is 475. The third-order valence-corrected chi connectivity index (χ3v) is 1.77. The molecule has 0 bridgehead atoms. The van der Waals surface area contributed by atoms with Gasteiger partial charge in [0.2, 0.25) is 0 Å². The minimum atomic E-state index is -1.04. The molecule has 2 aromatic heterocycles. The molecule has 0 atom stereocenters. The normalized spacial score (nSPS) is 10.5. The summed E-state index contributed by atoms with van der Waals surface area (Å²) in [5.41, 5.74) is 1.43. The van der Waals surface area contributed by atoms with Crippen LogP contribution in [0.3, 0.4) is 0 Å². The zero-order valence-electron chi connectivity index (χ0n) is 6.93. The Morgan fingerprint density at radius 3 is 3.00 bits per heavy atom. The van der Waals surface area contributed by atoms with Crippen LogP contribution >= 0.6 is 0 Å². The lowest BCUT2D eigenvalue weighted by atomic mass is 10.4. The van der Waals surface area contributed by atoms with Crippen molar-refractivity contribution < 1.29 is 9.90 Å². The van der Waals surface area contributed by atoms with Gasteiger partial charge in [0, 0.05) is 18.0 Å². The van der Waals surface area contributed by atoms with E-state index in [0.717, 1.165) is 5.69 Å². The Morgan fingerprint density at radius 1 is 1.62 bits per heavy atom. The average molecular weight is 177 g/mol. The number of aromatic nitrogens is 3. The molecule has 0 fully saturated rings. The fourth-order valence-corrected chi connectivity index (χ4v) is 1.12. The number of aryl methyl sites for hydroxylation is 1. The summed E-state index contributed by atoms with van der Waals surface area (Å²) in [6, 6.07) is 3.21. The summed E-state index contributed by atoms with van der Waals surface area (Å²) in [5, 5.41) is 12.5. The summed E-state index contributed by atoms with van der Waals surface area (Å²) < 4.78 is 1.50. The summed E-state index contributed by atoms with van der Waals surface area (Å²) >= 11 is 0. The standard InChI is InChI=1S/C8H7N3O2/c1-5-2-3-9-7-4-6(8(12)13)10-11(5)7/h2-4H,1H3,(H,12,13). The molecule has 2 heterocycles. The number of carbonyl (C=O) groups is 1. The van der Waals surface area contributed by atoms with Crippen LogP contribution in [0.25, 0.3) is 5.65 Å². The van der Waals surface area contributed by atoms with E-state index in [0.29, 0.717) is 5.65 Å². The Balaban J connectivity index is 2.75. The molecule has 0 radical (unpaired) electrons. The Hall–Kier alpha value is -1.91. The number of carboxylic acids is 1. The number of fused-ring (bicyclic) bond motifs is 1. The number of hydrogen-bond donors (Lipinski definition) is 1. The largest absolute Gasteiger partial charge is 0.476 e. The lowest BCUT2D eigenvalue weighted by molar-refractivity contribution is 0.0690. The number of rotatable bonds is 1. The quantitative estimate of drug-likeness (QED) is 0.697. The molecule has 1 N–H and O–H groups in total. The maximum atomic E-state index is 10.6. The SMILES string of the molecule is Cc1ccnc2cc(C(=O)O)nn12. The van der Waals surface area contributed by atoms with Gasteiger partial charge < -0.3 is 5.11 Å². The number of carboxylic acid groups (broad SMARTS) is 1. The second kappa shape index (κ2) is 2.55. The minimum absolute atomic E-state index is 0.0156. The molecule has 0 aliphatic carbocycles. The van der Waals surface area contributed by atoms with Gasteiger partial charge in [-0.05, 0) is 13.0 Å². The van der Waals surface area contributed by atoms with Crippen molar-refractivity contribution in [1.29, 1.82) is 0 Å². The number of hydrogen-bond acceptors (Lipinski definition) is 3. The molecule has 0 amide bonds. The van der Waals surface area contributed by atoms with Gasteiger partial charge in [0.15, 0.2) is 11.3 Å². The molecule has 0 aliphatic rings. The summed E-state index contributed by atoms with van der Waals surface area (Å²) in [5.74, 6) is -1.04. The predicted molar refractivity (Wildman–Crippen MR) is 44.7 cm³/mol. The van der Waals surface area contributed by atoms with Crippen molar-refractivity contribution in [3.05, 3.63) is 29.7 Å². The Labute approximate surface area is 73.6 Å². The zero-order chi connectivity index (χ0) is 9.42. The molecule has 0 aliphatic heterocycles. The fraction of sp³-hybridized carbons (Fsp3) is 0.125. The van der Waals surface area contributed by atoms with Gasteiger partial charge in [-0.2, -0.15) is 5.10 Å². The van der Waals surface area contributed by atoms with Crippen LogP contribution in [0.4, 0.5) is 0 Å². The van der Waals surface area contributed by atoms with E-state index in [9.17, 15) is 4.79 Å². The fourth-order valence-electron chi connectivity index (χ4n) is 1.12. The van der Waals surface area contributed by atoms with E-state index in [1.807, 2.05) is 6.92 Å². The topological polar surface area (TPSA) is 67.5 Å². The number of aromatic carboxylic acids is 1. The monoisotopic (exact) mass is 177 g/mol. The van der Waals surface area contributed by atoms with Crippen LogP contribution < -0.4 is 0 Å². The van der Waals surface area contributed by atoms with Gasteiger partial charge in [-0.15, -0.1) is 0 Å². The lowest BCUT2D eigenvalue weighted by Crippen LogP contribution is -1.99. The molecule has 0 unspecified atom stereocenters. The summed E-state index contributed by atoms with van der Waals surface area (Å²) in [4.78, 5) is 14.6. The van der Waals surface area contributed by atoms with Crippen LogP contribution in [0.15, 0.2) is 18.3 Å². The third-order valence-electron chi connectivity index (χ3n) is 1.77. The van der Waals surface area contributed by atoms with Gasteiger partial charge in [0.05, 0.1) is 0 Å². The van der Waals surface area contributed by atoms with Gasteiger partial charge in [-0.1, -0.05) is 0 Å². The van der Waals surface area contributed by atoms with Gasteiger partial charge in [0.1, 0.15) is 0 Å². The summed E-state index contributed by atoms with van der Waals surface area (Å²) in [6.45, 7) is 1.84. The first-order valence-electron chi connectivity index (χ1n) is 3.73. The van der Waals surface area contributed by atoms with E-state index in [-0.39, 0.29) is 5.69 Å². The van der Waals surface area contributed by atoms with Crippen LogP contribution in [0, 0.1) is 6.92 Å². The molecule has 0 saturated heterocycles. The average Bonchev–Trinajstić information content (AvgIpc) is 2.49. The van der Waals surface area contributed by atoms with Crippen molar-refractivity contribution >= 4 is 11.6 Å². The lowest BCUT2D eigenvalue weighted by Gasteiger charge is -1.94.